The topological polar surface area (TPSA) is 88.9 Å². The molecule has 168 valence electrons. The van der Waals surface area contributed by atoms with Gasteiger partial charge in [0.15, 0.2) is 11.5 Å². The van der Waals surface area contributed by atoms with Crippen molar-refractivity contribution in [1.29, 1.82) is 0 Å². The third-order valence-corrected chi connectivity index (χ3v) is 4.77. The highest BCUT2D eigenvalue weighted by Crippen LogP contribution is 2.31. The van der Waals surface area contributed by atoms with Crippen molar-refractivity contribution in [2.75, 3.05) is 11.9 Å². The van der Waals surface area contributed by atoms with E-state index in [0.717, 1.165) is 10.2 Å². The lowest BCUT2D eigenvalue weighted by molar-refractivity contribution is -0.141. The van der Waals surface area contributed by atoms with Gasteiger partial charge in [-0.3, -0.25) is 9.59 Å². The first kappa shape index (κ1) is 23.3. The molecular formula is C21H19ClF3N5O2. The SMILES string of the molecule is CCNC(=O)c1cc(C)cc(C)c1NC(=O)c1cc(C(F)(F)F)nn1-c1ncccc1Cl. The number of carbonyl (C=O) groups excluding carboxylic acids is 2. The summed E-state index contributed by atoms with van der Waals surface area (Å²) in [5, 5.41) is 8.72. The van der Waals surface area contributed by atoms with Gasteiger partial charge in [-0.05, 0) is 50.1 Å². The van der Waals surface area contributed by atoms with E-state index in [1.807, 2.05) is 0 Å². The second-order valence-electron chi connectivity index (χ2n) is 6.95. The van der Waals surface area contributed by atoms with Crippen molar-refractivity contribution in [1.82, 2.24) is 20.1 Å². The number of halogens is 4. The number of nitrogens with one attached hydrogen (secondary N) is 2. The summed E-state index contributed by atoms with van der Waals surface area (Å²) in [7, 11) is 0. The van der Waals surface area contributed by atoms with Gasteiger partial charge < -0.3 is 10.6 Å². The van der Waals surface area contributed by atoms with Crippen molar-refractivity contribution < 1.29 is 22.8 Å². The predicted octanol–water partition coefficient (Wildman–Crippen LogP) is 4.56. The van der Waals surface area contributed by atoms with Gasteiger partial charge in [-0.1, -0.05) is 17.7 Å². The standard InChI is InChI=1S/C21H19ClF3N5O2/c1-4-26-19(31)13-9-11(2)8-12(3)17(13)28-20(32)15-10-16(21(23,24)25)29-30(15)18-14(22)6-5-7-27-18/h5-10H,4H2,1-3H3,(H,26,31)(H,28,32). The summed E-state index contributed by atoms with van der Waals surface area (Å²) >= 11 is 6.07. The monoisotopic (exact) mass is 465 g/mol. The maximum absolute atomic E-state index is 13.3. The number of rotatable bonds is 5. The van der Waals surface area contributed by atoms with Crippen LogP contribution >= 0.6 is 11.6 Å². The van der Waals surface area contributed by atoms with Crippen LogP contribution in [0.4, 0.5) is 18.9 Å². The van der Waals surface area contributed by atoms with Crippen LogP contribution in [0.5, 0.6) is 0 Å². The Morgan fingerprint density at radius 1 is 1.16 bits per heavy atom. The molecule has 11 heteroatoms. The zero-order chi connectivity index (χ0) is 23.6. The number of alkyl halides is 3. The molecule has 0 saturated heterocycles. The van der Waals surface area contributed by atoms with Crippen LogP contribution in [0.3, 0.4) is 0 Å². The summed E-state index contributed by atoms with van der Waals surface area (Å²) in [6.45, 7) is 5.57. The summed E-state index contributed by atoms with van der Waals surface area (Å²) < 4.78 is 40.7. The Hall–Kier alpha value is -3.40. The fourth-order valence-corrected chi connectivity index (χ4v) is 3.32. The number of benzene rings is 1. The van der Waals surface area contributed by atoms with E-state index in [4.69, 9.17) is 11.6 Å². The largest absolute Gasteiger partial charge is 0.435 e. The quantitative estimate of drug-likeness (QED) is 0.578. The van der Waals surface area contributed by atoms with Crippen molar-refractivity contribution in [3.8, 4) is 5.82 Å². The molecule has 0 spiro atoms. The Morgan fingerprint density at radius 3 is 2.50 bits per heavy atom. The first-order valence-electron chi connectivity index (χ1n) is 9.51. The molecule has 2 N–H and O–H groups in total. The zero-order valence-corrected chi connectivity index (χ0v) is 18.1. The number of hydrogen-bond acceptors (Lipinski definition) is 4. The molecule has 3 rings (SSSR count). The van der Waals surface area contributed by atoms with Gasteiger partial charge in [-0.15, -0.1) is 0 Å². The molecule has 0 aliphatic carbocycles. The molecule has 0 aliphatic rings. The molecule has 0 unspecified atom stereocenters. The Balaban J connectivity index is 2.11. The summed E-state index contributed by atoms with van der Waals surface area (Å²) in [4.78, 5) is 29.5. The van der Waals surface area contributed by atoms with Gasteiger partial charge in [-0.2, -0.15) is 18.3 Å². The average molecular weight is 466 g/mol. The van der Waals surface area contributed by atoms with Gasteiger partial charge in [0.05, 0.1) is 16.3 Å². The number of aryl methyl sites for hydroxylation is 2. The highest BCUT2D eigenvalue weighted by molar-refractivity contribution is 6.32. The highest BCUT2D eigenvalue weighted by Gasteiger charge is 2.36. The van der Waals surface area contributed by atoms with E-state index in [0.29, 0.717) is 18.2 Å². The summed E-state index contributed by atoms with van der Waals surface area (Å²) in [5.41, 5.74) is -0.00615. The molecule has 2 amide bonds. The number of pyridine rings is 1. The number of nitrogens with zero attached hydrogens (tertiary/aromatic N) is 3. The van der Waals surface area contributed by atoms with E-state index >= 15 is 0 Å². The third-order valence-electron chi connectivity index (χ3n) is 4.47. The maximum Gasteiger partial charge on any atom is 0.435 e. The number of aromatic nitrogens is 3. The van der Waals surface area contributed by atoms with Crippen molar-refractivity contribution in [2.24, 2.45) is 0 Å². The third kappa shape index (κ3) is 4.75. The van der Waals surface area contributed by atoms with E-state index in [9.17, 15) is 22.8 Å². The van der Waals surface area contributed by atoms with Crippen LogP contribution in [0.2, 0.25) is 5.02 Å². The first-order chi connectivity index (χ1) is 15.0. The van der Waals surface area contributed by atoms with E-state index in [2.05, 4.69) is 20.7 Å². The van der Waals surface area contributed by atoms with E-state index < -0.39 is 29.4 Å². The second kappa shape index (κ2) is 8.99. The normalized spacial score (nSPS) is 11.3. The second-order valence-corrected chi connectivity index (χ2v) is 7.36. The lowest BCUT2D eigenvalue weighted by Crippen LogP contribution is -2.26. The maximum atomic E-state index is 13.3. The van der Waals surface area contributed by atoms with Crippen LogP contribution in [-0.4, -0.2) is 33.1 Å². The molecule has 0 fully saturated rings. The Morgan fingerprint density at radius 2 is 1.88 bits per heavy atom. The van der Waals surface area contributed by atoms with Crippen LogP contribution in [0.25, 0.3) is 5.82 Å². The summed E-state index contributed by atoms with van der Waals surface area (Å²) in [6, 6.07) is 6.84. The smallest absolute Gasteiger partial charge is 0.352 e. The fourth-order valence-electron chi connectivity index (χ4n) is 3.12. The number of anilines is 1. The minimum atomic E-state index is -4.80. The van der Waals surface area contributed by atoms with Gasteiger partial charge in [-0.25, -0.2) is 9.67 Å². The molecule has 0 atom stereocenters. The molecule has 3 aromatic rings. The zero-order valence-electron chi connectivity index (χ0n) is 17.3. The minimum Gasteiger partial charge on any atom is -0.352 e. The predicted molar refractivity (Wildman–Crippen MR) is 113 cm³/mol. The first-order valence-corrected chi connectivity index (χ1v) is 9.89. The van der Waals surface area contributed by atoms with Crippen LogP contribution in [-0.2, 0) is 6.18 Å². The number of hydrogen-bond donors (Lipinski definition) is 2. The van der Waals surface area contributed by atoms with E-state index in [1.54, 1.807) is 32.9 Å². The van der Waals surface area contributed by atoms with Crippen LogP contribution in [0.15, 0.2) is 36.5 Å². The molecule has 7 nitrogen and oxygen atoms in total. The van der Waals surface area contributed by atoms with Gasteiger partial charge >= 0.3 is 6.18 Å². The average Bonchev–Trinajstić information content (AvgIpc) is 3.16. The van der Waals surface area contributed by atoms with Crippen LogP contribution in [0, 0.1) is 13.8 Å². The Bertz CT molecular complexity index is 1190. The molecular weight excluding hydrogens is 447 g/mol. The van der Waals surface area contributed by atoms with E-state index in [1.165, 1.54) is 18.3 Å². The lowest BCUT2D eigenvalue weighted by Gasteiger charge is -2.15. The molecule has 0 radical (unpaired) electrons. The number of carbonyl (C=O) groups is 2. The van der Waals surface area contributed by atoms with Crippen molar-refractivity contribution in [3.05, 3.63) is 69.6 Å². The molecule has 0 saturated carbocycles. The number of amides is 2. The Kier molecular flexibility index (Phi) is 6.54. The Labute approximate surface area is 186 Å². The van der Waals surface area contributed by atoms with Gasteiger partial charge in [0.2, 0.25) is 0 Å². The summed E-state index contributed by atoms with van der Waals surface area (Å²) in [5.74, 6) is -1.47. The van der Waals surface area contributed by atoms with E-state index in [-0.39, 0.29) is 22.1 Å². The molecule has 2 aromatic heterocycles. The van der Waals surface area contributed by atoms with Crippen molar-refractivity contribution >= 4 is 29.1 Å². The molecule has 2 heterocycles. The molecule has 1 aromatic carbocycles. The summed E-state index contributed by atoms with van der Waals surface area (Å²) in [6.07, 6.45) is -3.48. The van der Waals surface area contributed by atoms with Gasteiger partial charge in [0.1, 0.15) is 5.69 Å². The fraction of sp³-hybridized carbons (Fsp3) is 0.238. The molecule has 32 heavy (non-hydrogen) atoms. The molecule has 0 bridgehead atoms. The van der Waals surface area contributed by atoms with Crippen LogP contribution < -0.4 is 10.6 Å². The highest BCUT2D eigenvalue weighted by atomic mass is 35.5. The van der Waals surface area contributed by atoms with Crippen LogP contribution in [0.1, 0.15) is 44.6 Å². The molecule has 0 aliphatic heterocycles. The minimum absolute atomic E-state index is 0.00732. The lowest BCUT2D eigenvalue weighted by atomic mass is 10.0. The van der Waals surface area contributed by atoms with Gasteiger partial charge in [0, 0.05) is 18.8 Å². The van der Waals surface area contributed by atoms with Gasteiger partial charge in [0.25, 0.3) is 11.8 Å². The van der Waals surface area contributed by atoms with Crippen molar-refractivity contribution in [2.45, 2.75) is 26.9 Å². The van der Waals surface area contributed by atoms with Crippen molar-refractivity contribution in [3.63, 3.8) is 0 Å².